The molecule has 0 saturated heterocycles. The molecule has 3 aromatic rings. The van der Waals surface area contributed by atoms with E-state index in [9.17, 15) is 9.18 Å². The number of benzene rings is 2. The number of ether oxygens (including phenoxy) is 2. The normalized spacial score (nSPS) is 10.5. The second-order valence-electron chi connectivity index (χ2n) is 6.08. The number of carbonyl (C=O) groups is 1. The van der Waals surface area contributed by atoms with Crippen molar-refractivity contribution in [1.82, 2.24) is 14.8 Å². The van der Waals surface area contributed by atoms with Gasteiger partial charge in [0.2, 0.25) is 5.91 Å². The molecule has 1 N–H and O–H groups in total. The number of amides is 1. The standard InChI is InChI=1S/C21H21FN4O3S/c1-3-12-26-19(13-29-16-10-8-15(22)9-11-16)24-25-21(26)30-14-20(27)23-17-6-4-5-7-18(17)28-2/h3-11H,1,12-14H2,2H3,(H,23,27). The van der Waals surface area contributed by atoms with Crippen molar-refractivity contribution in [1.29, 1.82) is 0 Å². The van der Waals surface area contributed by atoms with Gasteiger partial charge in [0.15, 0.2) is 11.0 Å². The van der Waals surface area contributed by atoms with E-state index in [1.165, 1.54) is 23.9 Å². The molecule has 0 atom stereocenters. The number of methoxy groups -OCH3 is 1. The minimum atomic E-state index is -0.331. The Hall–Kier alpha value is -3.33. The van der Waals surface area contributed by atoms with E-state index in [4.69, 9.17) is 9.47 Å². The molecule has 1 amide bonds. The third-order valence-corrected chi connectivity index (χ3v) is 4.97. The highest BCUT2D eigenvalue weighted by Gasteiger charge is 2.15. The molecule has 7 nitrogen and oxygen atoms in total. The van der Waals surface area contributed by atoms with Crippen LogP contribution < -0.4 is 14.8 Å². The number of carbonyl (C=O) groups excluding carboxylic acids is 1. The fraction of sp³-hybridized carbons (Fsp3) is 0.190. The van der Waals surface area contributed by atoms with Gasteiger partial charge >= 0.3 is 0 Å². The van der Waals surface area contributed by atoms with Crippen LogP contribution in [0.2, 0.25) is 0 Å². The fourth-order valence-electron chi connectivity index (χ4n) is 2.59. The van der Waals surface area contributed by atoms with Crippen LogP contribution in [0.3, 0.4) is 0 Å². The molecule has 30 heavy (non-hydrogen) atoms. The van der Waals surface area contributed by atoms with Crippen LogP contribution in [-0.2, 0) is 17.9 Å². The Labute approximate surface area is 177 Å². The monoisotopic (exact) mass is 428 g/mol. The van der Waals surface area contributed by atoms with Crippen LogP contribution in [0.1, 0.15) is 5.82 Å². The predicted octanol–water partition coefficient (Wildman–Crippen LogP) is 3.92. The second kappa shape index (κ2) is 10.4. The maximum absolute atomic E-state index is 13.0. The molecule has 0 aliphatic rings. The van der Waals surface area contributed by atoms with Gasteiger partial charge in [0.05, 0.1) is 18.6 Å². The van der Waals surface area contributed by atoms with E-state index in [0.29, 0.717) is 34.7 Å². The zero-order valence-corrected chi connectivity index (χ0v) is 17.2. The first-order valence-corrected chi connectivity index (χ1v) is 10.1. The third kappa shape index (κ3) is 5.60. The lowest BCUT2D eigenvalue weighted by molar-refractivity contribution is -0.113. The first-order chi connectivity index (χ1) is 14.6. The van der Waals surface area contributed by atoms with Gasteiger partial charge in [-0.3, -0.25) is 9.36 Å². The van der Waals surface area contributed by atoms with Crippen LogP contribution in [0, 0.1) is 5.82 Å². The number of hydrogen-bond acceptors (Lipinski definition) is 6. The molecule has 0 fully saturated rings. The molecular formula is C21H21FN4O3S. The summed E-state index contributed by atoms with van der Waals surface area (Å²) in [6.07, 6.45) is 1.71. The van der Waals surface area contributed by atoms with E-state index < -0.39 is 0 Å². The van der Waals surface area contributed by atoms with Crippen molar-refractivity contribution < 1.29 is 18.7 Å². The van der Waals surface area contributed by atoms with Crippen molar-refractivity contribution in [2.75, 3.05) is 18.2 Å². The van der Waals surface area contributed by atoms with Gasteiger partial charge in [0.25, 0.3) is 0 Å². The van der Waals surface area contributed by atoms with Crippen LogP contribution in [0.4, 0.5) is 10.1 Å². The van der Waals surface area contributed by atoms with Gasteiger partial charge in [0.1, 0.15) is 23.9 Å². The Kier molecular flexibility index (Phi) is 7.45. The van der Waals surface area contributed by atoms with Gasteiger partial charge in [-0.1, -0.05) is 30.0 Å². The highest BCUT2D eigenvalue weighted by atomic mass is 32.2. The maximum atomic E-state index is 13.0. The van der Waals surface area contributed by atoms with Crippen molar-refractivity contribution in [2.45, 2.75) is 18.3 Å². The summed E-state index contributed by atoms with van der Waals surface area (Å²) in [5.74, 6) is 1.31. The van der Waals surface area contributed by atoms with Crippen molar-refractivity contribution >= 4 is 23.4 Å². The summed E-state index contributed by atoms with van der Waals surface area (Å²) in [6.45, 7) is 4.37. The minimum absolute atomic E-state index is 0.145. The fourth-order valence-corrected chi connectivity index (χ4v) is 3.35. The number of thioether (sulfide) groups is 1. The van der Waals surface area contributed by atoms with E-state index >= 15 is 0 Å². The molecule has 0 bridgehead atoms. The van der Waals surface area contributed by atoms with Gasteiger partial charge in [0, 0.05) is 6.54 Å². The summed E-state index contributed by atoms with van der Waals surface area (Å²) >= 11 is 1.26. The van der Waals surface area contributed by atoms with Gasteiger partial charge in [-0.05, 0) is 36.4 Å². The van der Waals surface area contributed by atoms with E-state index in [0.717, 1.165) is 0 Å². The number of hydrogen-bond donors (Lipinski definition) is 1. The molecule has 0 saturated carbocycles. The molecule has 9 heteroatoms. The zero-order chi connectivity index (χ0) is 21.3. The number of nitrogens with zero attached hydrogens (tertiary/aromatic N) is 3. The topological polar surface area (TPSA) is 78.3 Å². The molecule has 2 aromatic carbocycles. The summed E-state index contributed by atoms with van der Waals surface area (Å²) < 4.78 is 25.7. The number of halogens is 1. The molecule has 3 rings (SSSR count). The summed E-state index contributed by atoms with van der Waals surface area (Å²) in [6, 6.07) is 12.9. The SMILES string of the molecule is C=CCn1c(COc2ccc(F)cc2)nnc1SCC(=O)Nc1ccccc1OC. The van der Waals surface area contributed by atoms with E-state index in [1.807, 2.05) is 16.7 Å². The first-order valence-electron chi connectivity index (χ1n) is 9.07. The maximum Gasteiger partial charge on any atom is 0.234 e. The number of rotatable bonds is 10. The number of para-hydroxylation sites is 2. The Balaban J connectivity index is 1.62. The molecule has 1 aromatic heterocycles. The number of aromatic nitrogens is 3. The Morgan fingerprint density at radius 1 is 1.23 bits per heavy atom. The van der Waals surface area contributed by atoms with Crippen molar-refractivity contribution in [3.63, 3.8) is 0 Å². The van der Waals surface area contributed by atoms with E-state index in [1.54, 1.807) is 37.5 Å². The van der Waals surface area contributed by atoms with Gasteiger partial charge in [-0.25, -0.2) is 4.39 Å². The minimum Gasteiger partial charge on any atom is -0.495 e. The summed E-state index contributed by atoms with van der Waals surface area (Å²) in [5.41, 5.74) is 0.603. The Bertz CT molecular complexity index is 1010. The number of anilines is 1. The average molecular weight is 428 g/mol. The zero-order valence-electron chi connectivity index (χ0n) is 16.4. The number of nitrogens with one attached hydrogen (secondary N) is 1. The molecule has 0 unspecified atom stereocenters. The second-order valence-corrected chi connectivity index (χ2v) is 7.02. The Morgan fingerprint density at radius 2 is 2.00 bits per heavy atom. The van der Waals surface area contributed by atoms with Gasteiger partial charge in [-0.15, -0.1) is 16.8 Å². The molecule has 0 radical (unpaired) electrons. The van der Waals surface area contributed by atoms with Crippen LogP contribution in [0.15, 0.2) is 66.3 Å². The first kappa shape index (κ1) is 21.4. The molecular weight excluding hydrogens is 407 g/mol. The largest absolute Gasteiger partial charge is 0.495 e. The number of allylic oxidation sites excluding steroid dienone is 1. The lowest BCUT2D eigenvalue weighted by Gasteiger charge is -2.10. The average Bonchev–Trinajstić information content (AvgIpc) is 3.14. The summed E-state index contributed by atoms with van der Waals surface area (Å²) in [5, 5.41) is 11.7. The van der Waals surface area contributed by atoms with Crippen molar-refractivity contribution in [3.8, 4) is 11.5 Å². The van der Waals surface area contributed by atoms with E-state index in [-0.39, 0.29) is 24.1 Å². The van der Waals surface area contributed by atoms with Crippen LogP contribution >= 0.6 is 11.8 Å². The smallest absolute Gasteiger partial charge is 0.234 e. The van der Waals surface area contributed by atoms with Crippen molar-refractivity contribution in [2.24, 2.45) is 0 Å². The van der Waals surface area contributed by atoms with E-state index in [2.05, 4.69) is 22.1 Å². The van der Waals surface area contributed by atoms with Gasteiger partial charge < -0.3 is 14.8 Å². The molecule has 1 heterocycles. The lowest BCUT2D eigenvalue weighted by Crippen LogP contribution is -2.15. The van der Waals surface area contributed by atoms with Gasteiger partial charge in [-0.2, -0.15) is 0 Å². The predicted molar refractivity (Wildman–Crippen MR) is 113 cm³/mol. The van der Waals surface area contributed by atoms with Crippen LogP contribution in [-0.4, -0.2) is 33.5 Å². The molecule has 0 spiro atoms. The lowest BCUT2D eigenvalue weighted by atomic mass is 10.3. The highest BCUT2D eigenvalue weighted by molar-refractivity contribution is 7.99. The van der Waals surface area contributed by atoms with Crippen LogP contribution in [0.5, 0.6) is 11.5 Å². The van der Waals surface area contributed by atoms with Crippen molar-refractivity contribution in [3.05, 3.63) is 72.8 Å². The quantitative estimate of drug-likeness (QED) is 0.390. The molecule has 0 aliphatic heterocycles. The summed E-state index contributed by atoms with van der Waals surface area (Å²) in [7, 11) is 1.55. The highest BCUT2D eigenvalue weighted by Crippen LogP contribution is 2.24. The van der Waals surface area contributed by atoms with Crippen LogP contribution in [0.25, 0.3) is 0 Å². The molecule has 156 valence electrons. The third-order valence-electron chi connectivity index (χ3n) is 4.00. The molecule has 0 aliphatic carbocycles. The Morgan fingerprint density at radius 3 is 2.73 bits per heavy atom. The summed E-state index contributed by atoms with van der Waals surface area (Å²) in [4.78, 5) is 12.3.